The molecule has 7 heteroatoms. The number of sulfone groups is 1. The number of rotatable bonds is 2. The summed E-state index contributed by atoms with van der Waals surface area (Å²) in [6.07, 6.45) is 1.37. The van der Waals surface area contributed by atoms with Crippen molar-refractivity contribution >= 4 is 15.8 Å². The minimum Gasteiger partial charge on any atom is -0.480 e. The van der Waals surface area contributed by atoms with Crippen molar-refractivity contribution in [3.63, 3.8) is 0 Å². The third-order valence-electron chi connectivity index (χ3n) is 3.36. The van der Waals surface area contributed by atoms with Crippen LogP contribution in [-0.2, 0) is 19.4 Å². The van der Waals surface area contributed by atoms with Gasteiger partial charge in [0.05, 0.1) is 24.7 Å². The van der Waals surface area contributed by atoms with Crippen LogP contribution in [0.15, 0.2) is 0 Å². The summed E-state index contributed by atoms with van der Waals surface area (Å²) in [6.45, 7) is 1.11. The van der Waals surface area contributed by atoms with Crippen LogP contribution in [0.5, 0.6) is 0 Å². The molecule has 0 saturated carbocycles. The molecule has 2 fully saturated rings. The van der Waals surface area contributed by atoms with E-state index in [1.165, 1.54) is 0 Å². The molecule has 0 amide bonds. The van der Waals surface area contributed by atoms with Crippen LogP contribution in [0.4, 0.5) is 0 Å². The molecule has 2 aliphatic heterocycles. The standard InChI is InChI=1S/C10H17NO5S/c12-10(13)9-6-16-4-3-11(9)8-2-1-5-17(14,15)7-8/h8-9H,1-7H2,(H,12,13). The smallest absolute Gasteiger partial charge is 0.323 e. The highest BCUT2D eigenvalue weighted by Gasteiger charge is 2.37. The molecule has 0 aromatic rings. The first-order valence-electron chi connectivity index (χ1n) is 5.76. The molecular formula is C10H17NO5S. The highest BCUT2D eigenvalue weighted by atomic mass is 32.2. The summed E-state index contributed by atoms with van der Waals surface area (Å²) in [4.78, 5) is 12.9. The van der Waals surface area contributed by atoms with Gasteiger partial charge in [-0.1, -0.05) is 0 Å². The third-order valence-corrected chi connectivity index (χ3v) is 5.17. The average Bonchev–Trinajstić information content (AvgIpc) is 2.27. The van der Waals surface area contributed by atoms with Crippen LogP contribution < -0.4 is 0 Å². The first-order valence-corrected chi connectivity index (χ1v) is 7.58. The van der Waals surface area contributed by atoms with Gasteiger partial charge in [0, 0.05) is 12.6 Å². The fraction of sp³-hybridized carbons (Fsp3) is 0.900. The summed E-state index contributed by atoms with van der Waals surface area (Å²) in [5.41, 5.74) is 0. The number of carbonyl (C=O) groups is 1. The molecule has 0 radical (unpaired) electrons. The normalized spacial score (nSPS) is 34.4. The Kier molecular flexibility index (Phi) is 3.70. The van der Waals surface area contributed by atoms with Crippen molar-refractivity contribution in [1.29, 1.82) is 0 Å². The lowest BCUT2D eigenvalue weighted by Crippen LogP contribution is -2.57. The molecule has 2 unspecified atom stereocenters. The van der Waals surface area contributed by atoms with E-state index in [4.69, 9.17) is 9.84 Å². The summed E-state index contributed by atoms with van der Waals surface area (Å²) < 4.78 is 28.3. The van der Waals surface area contributed by atoms with Crippen molar-refractivity contribution in [2.75, 3.05) is 31.3 Å². The van der Waals surface area contributed by atoms with E-state index in [9.17, 15) is 13.2 Å². The van der Waals surface area contributed by atoms with Gasteiger partial charge in [-0.25, -0.2) is 8.42 Å². The molecule has 2 rings (SSSR count). The SMILES string of the molecule is O=C(O)C1COCCN1C1CCCS(=O)(=O)C1. The van der Waals surface area contributed by atoms with Gasteiger partial charge in [0.1, 0.15) is 6.04 Å². The lowest BCUT2D eigenvalue weighted by Gasteiger charge is -2.40. The number of hydrogen-bond acceptors (Lipinski definition) is 5. The third kappa shape index (κ3) is 2.97. The van der Waals surface area contributed by atoms with Crippen LogP contribution >= 0.6 is 0 Å². The molecule has 0 aromatic carbocycles. The molecule has 0 aliphatic carbocycles. The molecule has 2 saturated heterocycles. The van der Waals surface area contributed by atoms with Gasteiger partial charge in [0.25, 0.3) is 0 Å². The number of carboxylic acid groups (broad SMARTS) is 1. The molecule has 2 atom stereocenters. The molecule has 2 heterocycles. The molecule has 0 bridgehead atoms. The minimum atomic E-state index is -3.01. The van der Waals surface area contributed by atoms with Gasteiger partial charge in [0.15, 0.2) is 9.84 Å². The van der Waals surface area contributed by atoms with E-state index in [0.717, 1.165) is 6.42 Å². The predicted molar refractivity (Wildman–Crippen MR) is 60.6 cm³/mol. The first kappa shape index (κ1) is 12.8. The molecular weight excluding hydrogens is 246 g/mol. The second-order valence-corrected chi connectivity index (χ2v) is 6.81. The highest BCUT2D eigenvalue weighted by Crippen LogP contribution is 2.21. The minimum absolute atomic E-state index is 0.0801. The van der Waals surface area contributed by atoms with Crippen LogP contribution in [0.3, 0.4) is 0 Å². The highest BCUT2D eigenvalue weighted by molar-refractivity contribution is 7.91. The number of nitrogens with zero attached hydrogens (tertiary/aromatic N) is 1. The van der Waals surface area contributed by atoms with Gasteiger partial charge in [-0.2, -0.15) is 0 Å². The van der Waals surface area contributed by atoms with Crippen molar-refractivity contribution in [2.45, 2.75) is 24.9 Å². The van der Waals surface area contributed by atoms with Gasteiger partial charge >= 0.3 is 5.97 Å². The number of ether oxygens (including phenoxy) is 1. The van der Waals surface area contributed by atoms with Gasteiger partial charge in [-0.3, -0.25) is 9.69 Å². The van der Waals surface area contributed by atoms with Crippen LogP contribution in [0.2, 0.25) is 0 Å². The second kappa shape index (κ2) is 4.91. The van der Waals surface area contributed by atoms with Crippen LogP contribution in [0, 0.1) is 0 Å². The lowest BCUT2D eigenvalue weighted by molar-refractivity contribution is -0.151. The van der Waals surface area contributed by atoms with E-state index in [-0.39, 0.29) is 24.2 Å². The molecule has 1 N–H and O–H groups in total. The Labute approximate surface area is 100 Å². The van der Waals surface area contributed by atoms with E-state index < -0.39 is 21.8 Å². The van der Waals surface area contributed by atoms with Crippen molar-refractivity contribution < 1.29 is 23.1 Å². The second-order valence-electron chi connectivity index (χ2n) is 4.58. The van der Waals surface area contributed by atoms with E-state index in [0.29, 0.717) is 19.6 Å². The maximum atomic E-state index is 11.6. The van der Waals surface area contributed by atoms with Crippen LogP contribution in [-0.4, -0.2) is 67.7 Å². The largest absolute Gasteiger partial charge is 0.480 e. The number of carboxylic acids is 1. The predicted octanol–water partition coefficient (Wildman–Crippen LogP) is -0.651. The lowest BCUT2D eigenvalue weighted by atomic mass is 10.1. The fourth-order valence-electron chi connectivity index (χ4n) is 2.53. The molecule has 2 aliphatic rings. The van der Waals surface area contributed by atoms with Crippen molar-refractivity contribution in [1.82, 2.24) is 4.90 Å². The first-order chi connectivity index (χ1) is 7.99. The molecule has 6 nitrogen and oxygen atoms in total. The van der Waals surface area contributed by atoms with E-state index in [1.807, 2.05) is 0 Å². The quantitative estimate of drug-likeness (QED) is 0.712. The Balaban J connectivity index is 2.11. The van der Waals surface area contributed by atoms with Gasteiger partial charge in [-0.15, -0.1) is 0 Å². The van der Waals surface area contributed by atoms with Crippen LogP contribution in [0.25, 0.3) is 0 Å². The summed E-state index contributed by atoms with van der Waals surface area (Å²) >= 11 is 0. The summed E-state index contributed by atoms with van der Waals surface area (Å²) in [5, 5.41) is 9.10. The summed E-state index contributed by atoms with van der Waals surface area (Å²) in [5.74, 6) is -0.629. The summed E-state index contributed by atoms with van der Waals surface area (Å²) in [6, 6.07) is -0.874. The maximum absolute atomic E-state index is 11.6. The molecule has 98 valence electrons. The van der Waals surface area contributed by atoms with Crippen molar-refractivity contribution in [3.05, 3.63) is 0 Å². The Morgan fingerprint density at radius 2 is 2.18 bits per heavy atom. The zero-order valence-corrected chi connectivity index (χ0v) is 10.4. The van der Waals surface area contributed by atoms with E-state index in [1.54, 1.807) is 4.90 Å². The zero-order chi connectivity index (χ0) is 12.5. The van der Waals surface area contributed by atoms with Gasteiger partial charge in [0.2, 0.25) is 0 Å². The Morgan fingerprint density at radius 1 is 1.41 bits per heavy atom. The van der Waals surface area contributed by atoms with Crippen LogP contribution in [0.1, 0.15) is 12.8 Å². The average molecular weight is 263 g/mol. The zero-order valence-electron chi connectivity index (χ0n) is 9.54. The molecule has 0 spiro atoms. The monoisotopic (exact) mass is 263 g/mol. The number of aliphatic carboxylic acids is 1. The van der Waals surface area contributed by atoms with Gasteiger partial charge in [-0.05, 0) is 12.8 Å². The Morgan fingerprint density at radius 3 is 2.82 bits per heavy atom. The number of morpholine rings is 1. The Bertz CT molecular complexity index is 394. The summed E-state index contributed by atoms with van der Waals surface area (Å²) in [7, 11) is -3.01. The van der Waals surface area contributed by atoms with E-state index >= 15 is 0 Å². The number of hydrogen-bond donors (Lipinski definition) is 1. The molecule has 17 heavy (non-hydrogen) atoms. The van der Waals surface area contributed by atoms with Gasteiger partial charge < -0.3 is 9.84 Å². The van der Waals surface area contributed by atoms with Crippen molar-refractivity contribution in [2.24, 2.45) is 0 Å². The fourth-order valence-corrected chi connectivity index (χ4v) is 4.24. The topological polar surface area (TPSA) is 83.9 Å². The van der Waals surface area contributed by atoms with E-state index in [2.05, 4.69) is 0 Å². The maximum Gasteiger partial charge on any atom is 0.323 e. The Hall–Kier alpha value is -0.660. The molecule has 0 aromatic heterocycles. The van der Waals surface area contributed by atoms with Crippen molar-refractivity contribution in [3.8, 4) is 0 Å².